The first-order valence-corrected chi connectivity index (χ1v) is 16.6. The number of carbonyl (C=O) groups is 5. The van der Waals surface area contributed by atoms with E-state index in [2.05, 4.69) is 12.2 Å². The van der Waals surface area contributed by atoms with Gasteiger partial charge in [0, 0.05) is 19.3 Å². The van der Waals surface area contributed by atoms with Gasteiger partial charge in [-0.2, -0.15) is 0 Å². The van der Waals surface area contributed by atoms with Crippen LogP contribution in [0.3, 0.4) is 0 Å². The maximum Gasteiger partial charge on any atom is 0.337 e. The zero-order valence-corrected chi connectivity index (χ0v) is 27.5. The summed E-state index contributed by atoms with van der Waals surface area (Å²) in [5.41, 5.74) is -1.02. The van der Waals surface area contributed by atoms with E-state index in [0.29, 0.717) is 31.2 Å². The minimum absolute atomic E-state index is 0.188. The summed E-state index contributed by atoms with van der Waals surface area (Å²) < 4.78 is 13.3. The summed E-state index contributed by atoms with van der Waals surface area (Å²) in [7, 11) is 0. The number of carboxylic acid groups (broad SMARTS) is 3. The van der Waals surface area contributed by atoms with Crippen molar-refractivity contribution in [3.63, 3.8) is 0 Å². The third kappa shape index (κ3) is 13.8. The Kier molecular flexibility index (Phi) is 17.2. The maximum absolute atomic E-state index is 13.3. The Morgan fingerprint density at radius 2 is 1.33 bits per heavy atom. The molecule has 2 rings (SSSR count). The van der Waals surface area contributed by atoms with Crippen LogP contribution in [0.25, 0.3) is 11.1 Å². The highest BCUT2D eigenvalue weighted by Crippen LogP contribution is 2.26. The van der Waals surface area contributed by atoms with E-state index in [1.165, 1.54) is 24.6 Å². The van der Waals surface area contributed by atoms with Crippen LogP contribution in [0.5, 0.6) is 0 Å². The zero-order valence-electron chi connectivity index (χ0n) is 27.5. The van der Waals surface area contributed by atoms with Crippen molar-refractivity contribution in [2.24, 2.45) is 5.92 Å². The van der Waals surface area contributed by atoms with E-state index in [-0.39, 0.29) is 18.0 Å². The van der Waals surface area contributed by atoms with Crippen LogP contribution in [0.1, 0.15) is 96.0 Å². The van der Waals surface area contributed by atoms with Crippen LogP contribution in [-0.2, 0) is 30.4 Å². The molecule has 1 amide bonds. The highest BCUT2D eigenvalue weighted by Gasteiger charge is 2.49. The normalized spacial score (nSPS) is 13.8. The van der Waals surface area contributed by atoms with E-state index in [4.69, 9.17) is 0 Å². The topological polar surface area (TPSA) is 178 Å². The SMILES string of the molecule is CCCCCCCC(=O)CCCCCC/C=C/[C@@H](C(=O)N[C@@H](Cc1ccc(-c2ccc(F)cc2)cc1)C(=O)O)[C@@](O)(CC(=O)O)C(=O)O. The summed E-state index contributed by atoms with van der Waals surface area (Å²) in [4.78, 5) is 61.0. The van der Waals surface area contributed by atoms with E-state index in [0.717, 1.165) is 62.1 Å². The van der Waals surface area contributed by atoms with Gasteiger partial charge in [0.1, 0.15) is 17.6 Å². The van der Waals surface area contributed by atoms with E-state index >= 15 is 0 Å². The number of allylic oxidation sites excluding steroid dienone is 1. The molecule has 0 radical (unpaired) electrons. The molecule has 0 aromatic heterocycles. The van der Waals surface area contributed by atoms with Crippen molar-refractivity contribution in [3.8, 4) is 11.1 Å². The molecule has 262 valence electrons. The number of carboxylic acids is 3. The Morgan fingerprint density at radius 1 is 0.792 bits per heavy atom. The van der Waals surface area contributed by atoms with Crippen molar-refractivity contribution in [2.75, 3.05) is 0 Å². The largest absolute Gasteiger partial charge is 0.481 e. The molecule has 0 bridgehead atoms. The van der Waals surface area contributed by atoms with Crippen molar-refractivity contribution in [1.29, 1.82) is 0 Å². The van der Waals surface area contributed by atoms with Crippen LogP contribution >= 0.6 is 0 Å². The fraction of sp³-hybridized carbons (Fsp3) is 0.486. The first kappa shape index (κ1) is 39.8. The van der Waals surface area contributed by atoms with E-state index in [9.17, 15) is 48.8 Å². The molecule has 0 aliphatic heterocycles. The molecule has 0 aliphatic rings. The summed E-state index contributed by atoms with van der Waals surface area (Å²) in [5.74, 6) is -8.19. The van der Waals surface area contributed by atoms with Gasteiger partial charge >= 0.3 is 17.9 Å². The van der Waals surface area contributed by atoms with Gasteiger partial charge in [-0.25, -0.2) is 14.0 Å². The van der Waals surface area contributed by atoms with Gasteiger partial charge in [-0.05, 0) is 54.5 Å². The summed E-state index contributed by atoms with van der Waals surface area (Å²) in [6, 6.07) is 11.0. The van der Waals surface area contributed by atoms with Gasteiger partial charge in [0.2, 0.25) is 5.91 Å². The summed E-state index contributed by atoms with van der Waals surface area (Å²) in [5, 5.41) is 42.1. The number of aliphatic carboxylic acids is 3. The number of unbranched alkanes of at least 4 members (excludes halogenated alkanes) is 8. The molecule has 2 aromatic carbocycles. The van der Waals surface area contributed by atoms with Crippen molar-refractivity contribution in [3.05, 3.63) is 72.1 Å². The van der Waals surface area contributed by atoms with E-state index < -0.39 is 47.8 Å². The maximum atomic E-state index is 13.3. The molecule has 0 saturated heterocycles. The molecule has 0 saturated carbocycles. The monoisotopic (exact) mass is 669 g/mol. The van der Waals surface area contributed by atoms with E-state index in [1.807, 2.05) is 0 Å². The second-order valence-corrected chi connectivity index (χ2v) is 12.2. The minimum Gasteiger partial charge on any atom is -0.481 e. The molecule has 0 spiro atoms. The average Bonchev–Trinajstić information content (AvgIpc) is 3.03. The van der Waals surface area contributed by atoms with Gasteiger partial charge in [-0.15, -0.1) is 0 Å². The first-order valence-electron chi connectivity index (χ1n) is 16.6. The zero-order chi connectivity index (χ0) is 35.5. The highest BCUT2D eigenvalue weighted by molar-refractivity contribution is 5.94. The molecular formula is C37H48FNO9. The Labute approximate surface area is 281 Å². The fourth-order valence-corrected chi connectivity index (χ4v) is 5.41. The Bertz CT molecular complexity index is 1370. The van der Waals surface area contributed by atoms with E-state index in [1.54, 1.807) is 36.4 Å². The van der Waals surface area contributed by atoms with Gasteiger partial charge in [-0.1, -0.05) is 94.0 Å². The van der Waals surface area contributed by atoms with Gasteiger partial charge in [-0.3, -0.25) is 14.4 Å². The second-order valence-electron chi connectivity index (χ2n) is 12.2. The smallest absolute Gasteiger partial charge is 0.337 e. The molecule has 48 heavy (non-hydrogen) atoms. The van der Waals surface area contributed by atoms with Gasteiger partial charge in [0.15, 0.2) is 5.60 Å². The standard InChI is InChI=1S/C37H48FNO9/c1-2-3-4-7-10-13-30(40)14-11-8-5-6-9-12-15-31(37(48,36(46)47)25-33(41)42)34(43)39-32(35(44)45)24-26-16-18-27(19-17-26)28-20-22-29(38)23-21-28/h12,15-23,31-32,48H,2-11,13-14,24-25H2,1H3,(H,39,43)(H,41,42)(H,44,45)(H,46,47)/b15-12+/t31-,32-,37-/m0/s1. The Hall–Kier alpha value is -4.38. The van der Waals surface area contributed by atoms with Crippen molar-refractivity contribution in [2.45, 2.75) is 108 Å². The number of nitrogens with one attached hydrogen (secondary N) is 1. The number of rotatable bonds is 24. The summed E-state index contributed by atoms with van der Waals surface area (Å²) in [6.45, 7) is 2.14. The lowest BCUT2D eigenvalue weighted by atomic mass is 9.82. The molecule has 11 heteroatoms. The lowest BCUT2D eigenvalue weighted by Gasteiger charge is -2.29. The van der Waals surface area contributed by atoms with Crippen LogP contribution < -0.4 is 5.32 Å². The van der Waals surface area contributed by atoms with Crippen LogP contribution in [0, 0.1) is 11.7 Å². The van der Waals surface area contributed by atoms with Gasteiger partial charge in [0.25, 0.3) is 0 Å². The fourth-order valence-electron chi connectivity index (χ4n) is 5.41. The number of hydrogen-bond acceptors (Lipinski definition) is 6. The van der Waals surface area contributed by atoms with Crippen LogP contribution in [0.15, 0.2) is 60.7 Å². The van der Waals surface area contributed by atoms with Gasteiger partial charge in [0.05, 0.1) is 12.3 Å². The first-order chi connectivity index (χ1) is 22.9. The van der Waals surface area contributed by atoms with Crippen molar-refractivity contribution < 1.29 is 48.8 Å². The number of Topliss-reactive ketones (excluding diaryl/α,β-unsaturated/α-hetero) is 1. The number of aliphatic hydroxyl groups is 1. The molecule has 10 nitrogen and oxygen atoms in total. The Balaban J connectivity index is 2.02. The van der Waals surface area contributed by atoms with Crippen molar-refractivity contribution in [1.82, 2.24) is 5.32 Å². The molecular weight excluding hydrogens is 621 g/mol. The summed E-state index contributed by atoms with van der Waals surface area (Å²) in [6.07, 6.45) is 11.1. The number of benzene rings is 2. The average molecular weight is 670 g/mol. The molecule has 0 heterocycles. The molecule has 0 unspecified atom stereocenters. The van der Waals surface area contributed by atoms with Crippen LogP contribution in [0.4, 0.5) is 4.39 Å². The molecule has 3 atom stereocenters. The predicted octanol–water partition coefficient (Wildman–Crippen LogP) is 6.34. The number of ketones is 1. The van der Waals surface area contributed by atoms with Crippen molar-refractivity contribution >= 4 is 29.6 Å². The highest BCUT2D eigenvalue weighted by atomic mass is 19.1. The van der Waals surface area contributed by atoms with Crippen LogP contribution in [0.2, 0.25) is 0 Å². The van der Waals surface area contributed by atoms with Crippen LogP contribution in [-0.4, -0.2) is 61.7 Å². The third-order valence-electron chi connectivity index (χ3n) is 8.24. The number of hydrogen-bond donors (Lipinski definition) is 5. The summed E-state index contributed by atoms with van der Waals surface area (Å²) >= 11 is 0. The molecule has 0 aliphatic carbocycles. The molecule has 2 aromatic rings. The predicted molar refractivity (Wildman–Crippen MR) is 179 cm³/mol. The lowest BCUT2D eigenvalue weighted by molar-refractivity contribution is -0.172. The third-order valence-corrected chi connectivity index (χ3v) is 8.24. The minimum atomic E-state index is -3.04. The number of halogens is 1. The number of carbonyl (C=O) groups excluding carboxylic acids is 2. The molecule has 5 N–H and O–H groups in total. The lowest BCUT2D eigenvalue weighted by Crippen LogP contribution is -2.55. The Morgan fingerprint density at radius 3 is 1.85 bits per heavy atom. The molecule has 0 fully saturated rings. The van der Waals surface area contributed by atoms with Gasteiger partial charge < -0.3 is 25.7 Å². The second kappa shape index (κ2) is 20.8. The number of amides is 1. The quantitative estimate of drug-likeness (QED) is 0.0630.